The topological polar surface area (TPSA) is 60.5 Å². The van der Waals surface area contributed by atoms with Gasteiger partial charge in [0.05, 0.1) is 17.7 Å². The van der Waals surface area contributed by atoms with Gasteiger partial charge in [0.1, 0.15) is 17.4 Å². The fourth-order valence-electron chi connectivity index (χ4n) is 2.22. The molecule has 5 nitrogen and oxygen atoms in total. The highest BCUT2D eigenvalue weighted by molar-refractivity contribution is 7.15. The molecule has 0 bridgehead atoms. The van der Waals surface area contributed by atoms with Crippen LogP contribution in [0.1, 0.15) is 10.6 Å². The Bertz CT molecular complexity index is 845. The predicted molar refractivity (Wildman–Crippen MR) is 99.1 cm³/mol. The van der Waals surface area contributed by atoms with Crippen molar-refractivity contribution < 1.29 is 14.3 Å². The third-order valence-corrected chi connectivity index (χ3v) is 4.75. The molecule has 0 radical (unpaired) electrons. The Morgan fingerprint density at radius 3 is 2.52 bits per heavy atom. The van der Waals surface area contributed by atoms with Crippen molar-refractivity contribution in [3.63, 3.8) is 0 Å². The summed E-state index contributed by atoms with van der Waals surface area (Å²) in [6, 6.07) is 17.2. The molecule has 0 saturated heterocycles. The van der Waals surface area contributed by atoms with E-state index in [1.165, 1.54) is 7.11 Å². The summed E-state index contributed by atoms with van der Waals surface area (Å²) in [5.41, 5.74) is 2.74. The number of nitrogens with one attached hydrogen (secondary N) is 1. The van der Waals surface area contributed by atoms with Gasteiger partial charge < -0.3 is 9.47 Å². The SMILES string of the molecule is COC(=O)Nc1ccc(OCc2sc(-c3ccccc3)nc2C)cc1. The molecule has 0 aliphatic carbocycles. The zero-order chi connectivity index (χ0) is 17.6. The molecule has 1 N–H and O–H groups in total. The molecule has 0 aliphatic heterocycles. The van der Waals surface area contributed by atoms with Crippen LogP contribution in [0.2, 0.25) is 0 Å². The van der Waals surface area contributed by atoms with Crippen molar-refractivity contribution in [2.75, 3.05) is 12.4 Å². The van der Waals surface area contributed by atoms with Crippen molar-refractivity contribution in [2.24, 2.45) is 0 Å². The zero-order valence-electron chi connectivity index (χ0n) is 14.0. The molecule has 0 saturated carbocycles. The lowest BCUT2D eigenvalue weighted by molar-refractivity contribution is 0.187. The van der Waals surface area contributed by atoms with Crippen molar-refractivity contribution in [3.05, 3.63) is 65.2 Å². The van der Waals surface area contributed by atoms with Crippen LogP contribution >= 0.6 is 11.3 Å². The number of carbonyl (C=O) groups is 1. The first-order chi connectivity index (χ1) is 12.2. The minimum absolute atomic E-state index is 0.458. The average molecular weight is 354 g/mol. The van der Waals surface area contributed by atoms with Crippen LogP contribution in [0.15, 0.2) is 54.6 Å². The van der Waals surface area contributed by atoms with E-state index in [2.05, 4.69) is 27.2 Å². The summed E-state index contributed by atoms with van der Waals surface area (Å²) in [4.78, 5) is 16.9. The van der Waals surface area contributed by atoms with Gasteiger partial charge in [-0.15, -0.1) is 11.3 Å². The number of anilines is 1. The molecule has 128 valence electrons. The summed E-state index contributed by atoms with van der Waals surface area (Å²) in [5, 5.41) is 3.59. The number of benzene rings is 2. The molecule has 1 aromatic heterocycles. The molecule has 1 heterocycles. The van der Waals surface area contributed by atoms with E-state index in [1.807, 2.05) is 25.1 Å². The Morgan fingerprint density at radius 2 is 1.84 bits per heavy atom. The largest absolute Gasteiger partial charge is 0.488 e. The number of methoxy groups -OCH3 is 1. The molecule has 6 heteroatoms. The Morgan fingerprint density at radius 1 is 1.12 bits per heavy atom. The molecule has 3 rings (SSSR count). The van der Waals surface area contributed by atoms with E-state index in [9.17, 15) is 4.79 Å². The van der Waals surface area contributed by atoms with Crippen LogP contribution in [-0.4, -0.2) is 18.2 Å². The molecule has 1 amide bonds. The number of aryl methyl sites for hydroxylation is 1. The monoisotopic (exact) mass is 354 g/mol. The van der Waals surface area contributed by atoms with Gasteiger partial charge in [0.2, 0.25) is 0 Å². The van der Waals surface area contributed by atoms with E-state index in [-0.39, 0.29) is 0 Å². The summed E-state index contributed by atoms with van der Waals surface area (Å²) in [7, 11) is 1.33. The summed E-state index contributed by atoms with van der Waals surface area (Å²) in [6.07, 6.45) is -0.498. The minimum Gasteiger partial charge on any atom is -0.488 e. The third kappa shape index (κ3) is 4.36. The van der Waals surface area contributed by atoms with Crippen LogP contribution in [0, 0.1) is 6.92 Å². The van der Waals surface area contributed by atoms with Crippen molar-refractivity contribution in [2.45, 2.75) is 13.5 Å². The van der Waals surface area contributed by atoms with Gasteiger partial charge in [-0.3, -0.25) is 5.32 Å². The predicted octanol–water partition coefficient (Wildman–Crippen LogP) is 4.88. The summed E-state index contributed by atoms with van der Waals surface area (Å²) >= 11 is 1.64. The van der Waals surface area contributed by atoms with Gasteiger partial charge >= 0.3 is 6.09 Å². The number of amides is 1. The number of aromatic nitrogens is 1. The van der Waals surface area contributed by atoms with Gasteiger partial charge in [0, 0.05) is 11.3 Å². The maximum Gasteiger partial charge on any atom is 0.411 e. The molecule has 0 unspecified atom stereocenters. The second-order valence-electron chi connectivity index (χ2n) is 5.32. The number of ether oxygens (including phenoxy) is 2. The van der Waals surface area contributed by atoms with E-state index >= 15 is 0 Å². The van der Waals surface area contributed by atoms with Crippen LogP contribution in [0.25, 0.3) is 10.6 Å². The summed E-state index contributed by atoms with van der Waals surface area (Å²) in [5.74, 6) is 0.726. The Kier molecular flexibility index (Phi) is 5.30. The molecule has 0 atom stereocenters. The average Bonchev–Trinajstić information content (AvgIpc) is 3.02. The van der Waals surface area contributed by atoms with Gasteiger partial charge in [-0.1, -0.05) is 30.3 Å². The highest BCUT2D eigenvalue weighted by atomic mass is 32.1. The number of hydrogen-bond acceptors (Lipinski definition) is 5. The first-order valence-corrected chi connectivity index (χ1v) is 8.57. The maximum atomic E-state index is 11.2. The minimum atomic E-state index is -0.498. The molecule has 25 heavy (non-hydrogen) atoms. The van der Waals surface area contributed by atoms with Gasteiger partial charge in [0.15, 0.2) is 0 Å². The molecule has 2 aromatic carbocycles. The maximum absolute atomic E-state index is 11.2. The number of nitrogens with zero attached hydrogens (tertiary/aromatic N) is 1. The fraction of sp³-hybridized carbons (Fsp3) is 0.158. The second kappa shape index (κ2) is 7.81. The molecular weight excluding hydrogens is 336 g/mol. The third-order valence-electron chi connectivity index (χ3n) is 3.57. The van der Waals surface area contributed by atoms with Crippen molar-refractivity contribution >= 4 is 23.1 Å². The van der Waals surface area contributed by atoms with Gasteiger partial charge in [-0.05, 0) is 31.2 Å². The van der Waals surface area contributed by atoms with E-state index < -0.39 is 6.09 Å². The number of carbonyl (C=O) groups excluding carboxylic acids is 1. The molecule has 0 fully saturated rings. The highest BCUT2D eigenvalue weighted by Gasteiger charge is 2.10. The van der Waals surface area contributed by atoms with Crippen molar-refractivity contribution in [1.29, 1.82) is 0 Å². The Balaban J connectivity index is 1.64. The van der Waals surface area contributed by atoms with Crippen molar-refractivity contribution in [1.82, 2.24) is 4.98 Å². The van der Waals surface area contributed by atoms with E-state index in [0.717, 1.165) is 26.9 Å². The fourth-order valence-corrected chi connectivity index (χ4v) is 3.20. The van der Waals surface area contributed by atoms with Crippen LogP contribution in [0.3, 0.4) is 0 Å². The number of thiazole rings is 1. The molecule has 3 aromatic rings. The van der Waals surface area contributed by atoms with Gasteiger partial charge in [0.25, 0.3) is 0 Å². The quantitative estimate of drug-likeness (QED) is 0.710. The van der Waals surface area contributed by atoms with Crippen LogP contribution in [0.5, 0.6) is 5.75 Å². The first-order valence-electron chi connectivity index (χ1n) is 7.75. The lowest BCUT2D eigenvalue weighted by Crippen LogP contribution is -2.10. The standard InChI is InChI=1S/C19H18N2O3S/c1-13-17(25-18(20-13)14-6-4-3-5-7-14)12-24-16-10-8-15(9-11-16)21-19(22)23-2/h3-11H,12H2,1-2H3,(H,21,22). The Labute approximate surface area is 150 Å². The summed E-state index contributed by atoms with van der Waals surface area (Å²) < 4.78 is 10.4. The normalized spacial score (nSPS) is 10.3. The first kappa shape index (κ1) is 17.0. The van der Waals surface area contributed by atoms with Gasteiger partial charge in [-0.25, -0.2) is 9.78 Å². The van der Waals surface area contributed by atoms with Crippen LogP contribution < -0.4 is 10.1 Å². The molecule has 0 aliphatic rings. The lowest BCUT2D eigenvalue weighted by Gasteiger charge is -2.07. The van der Waals surface area contributed by atoms with Crippen LogP contribution in [0.4, 0.5) is 10.5 Å². The Hall–Kier alpha value is -2.86. The number of hydrogen-bond donors (Lipinski definition) is 1. The molecular formula is C19H18N2O3S. The number of rotatable bonds is 5. The van der Waals surface area contributed by atoms with E-state index in [1.54, 1.807) is 35.6 Å². The highest BCUT2D eigenvalue weighted by Crippen LogP contribution is 2.28. The summed E-state index contributed by atoms with van der Waals surface area (Å²) in [6.45, 7) is 2.45. The van der Waals surface area contributed by atoms with Gasteiger partial charge in [-0.2, -0.15) is 0 Å². The van der Waals surface area contributed by atoms with Crippen molar-refractivity contribution in [3.8, 4) is 16.3 Å². The van der Waals surface area contributed by atoms with E-state index in [4.69, 9.17) is 4.74 Å². The lowest BCUT2D eigenvalue weighted by atomic mass is 10.2. The second-order valence-corrected chi connectivity index (χ2v) is 6.41. The van der Waals surface area contributed by atoms with Crippen LogP contribution in [-0.2, 0) is 11.3 Å². The zero-order valence-corrected chi connectivity index (χ0v) is 14.8. The smallest absolute Gasteiger partial charge is 0.411 e. The molecule has 0 spiro atoms. The van der Waals surface area contributed by atoms with E-state index in [0.29, 0.717) is 12.3 Å².